The molecule has 6 heteroatoms. The van der Waals surface area contributed by atoms with Crippen molar-refractivity contribution in [2.24, 2.45) is 0 Å². The summed E-state index contributed by atoms with van der Waals surface area (Å²) in [5.74, 6) is 0.432. The van der Waals surface area contributed by atoms with Crippen molar-refractivity contribution < 1.29 is 4.79 Å². The first-order valence-corrected chi connectivity index (χ1v) is 7.26. The summed E-state index contributed by atoms with van der Waals surface area (Å²) in [6, 6.07) is 0. The summed E-state index contributed by atoms with van der Waals surface area (Å²) >= 11 is 1.37. The van der Waals surface area contributed by atoms with Gasteiger partial charge in [0.15, 0.2) is 5.16 Å². The molecule has 2 N–H and O–H groups in total. The van der Waals surface area contributed by atoms with E-state index in [1.54, 1.807) is 0 Å². The second-order valence-corrected chi connectivity index (χ2v) is 5.25. The van der Waals surface area contributed by atoms with Crippen molar-refractivity contribution >= 4 is 17.7 Å². The van der Waals surface area contributed by atoms with Gasteiger partial charge in [0, 0.05) is 6.54 Å². The van der Waals surface area contributed by atoms with Crippen LogP contribution in [0.1, 0.15) is 32.1 Å². The fourth-order valence-electron chi connectivity index (χ4n) is 1.94. The van der Waals surface area contributed by atoms with Crippen LogP contribution >= 0.6 is 11.8 Å². The van der Waals surface area contributed by atoms with Crippen molar-refractivity contribution in [1.29, 1.82) is 0 Å². The fraction of sp³-hybridized carbons (Fsp3) is 0.583. The van der Waals surface area contributed by atoms with E-state index in [4.69, 9.17) is 0 Å². The highest BCUT2D eigenvalue weighted by Gasteiger charge is 2.06. The molecule has 0 saturated heterocycles. The molecular formula is C12H18N4OS. The average Bonchev–Trinajstić information content (AvgIpc) is 2.91. The van der Waals surface area contributed by atoms with Crippen LogP contribution in [0.2, 0.25) is 0 Å². The summed E-state index contributed by atoms with van der Waals surface area (Å²) in [6.07, 6.45) is 9.74. The Morgan fingerprint density at radius 1 is 1.50 bits per heavy atom. The first-order valence-electron chi connectivity index (χ1n) is 6.27. The topological polar surface area (TPSA) is 70.7 Å². The second kappa shape index (κ2) is 7.20. The van der Waals surface area contributed by atoms with Crippen molar-refractivity contribution in [2.45, 2.75) is 37.3 Å². The van der Waals surface area contributed by atoms with Crippen LogP contribution in [0.3, 0.4) is 0 Å². The van der Waals surface area contributed by atoms with Crippen LogP contribution in [0.4, 0.5) is 0 Å². The minimum absolute atomic E-state index is 0.0489. The van der Waals surface area contributed by atoms with Gasteiger partial charge in [-0.15, -0.1) is 0 Å². The normalized spacial score (nSPS) is 15.2. The summed E-state index contributed by atoms with van der Waals surface area (Å²) in [5.41, 5.74) is 1.49. The number of aromatic nitrogens is 3. The Morgan fingerprint density at radius 2 is 2.44 bits per heavy atom. The van der Waals surface area contributed by atoms with Gasteiger partial charge in [0.1, 0.15) is 6.33 Å². The highest BCUT2D eigenvalue weighted by atomic mass is 32.2. The summed E-state index contributed by atoms with van der Waals surface area (Å²) < 4.78 is 0. The monoisotopic (exact) mass is 266 g/mol. The van der Waals surface area contributed by atoms with Gasteiger partial charge in [-0.1, -0.05) is 23.4 Å². The molecule has 0 aliphatic heterocycles. The smallest absolute Gasteiger partial charge is 0.230 e. The van der Waals surface area contributed by atoms with E-state index >= 15 is 0 Å². The molecule has 1 aliphatic carbocycles. The quantitative estimate of drug-likeness (QED) is 0.609. The highest BCUT2D eigenvalue weighted by molar-refractivity contribution is 7.99. The summed E-state index contributed by atoms with van der Waals surface area (Å²) in [5, 5.41) is 10.1. The van der Waals surface area contributed by atoms with Gasteiger partial charge >= 0.3 is 0 Å². The number of allylic oxidation sites excluding steroid dienone is 1. The minimum Gasteiger partial charge on any atom is -0.355 e. The second-order valence-electron chi connectivity index (χ2n) is 4.29. The lowest BCUT2D eigenvalue weighted by molar-refractivity contribution is -0.118. The van der Waals surface area contributed by atoms with Crippen LogP contribution < -0.4 is 5.32 Å². The average molecular weight is 266 g/mol. The third-order valence-electron chi connectivity index (χ3n) is 2.89. The van der Waals surface area contributed by atoms with Crippen LogP contribution in [0.15, 0.2) is 23.1 Å². The number of carbonyl (C=O) groups excluding carboxylic acids is 1. The molecule has 0 spiro atoms. The van der Waals surface area contributed by atoms with E-state index in [1.165, 1.54) is 49.3 Å². The number of H-pyrrole nitrogens is 1. The predicted molar refractivity (Wildman–Crippen MR) is 71.3 cm³/mol. The SMILES string of the molecule is O=C(CSc1ncn[nH]1)NCCC1=CCCCC1. The standard InChI is InChI=1S/C12H18N4OS/c17-11(8-18-12-14-9-15-16-12)13-7-6-10-4-2-1-3-5-10/h4,9H,1-3,5-8H2,(H,13,17)(H,14,15,16). The van der Waals surface area contributed by atoms with Crippen LogP contribution in [0, 0.1) is 0 Å². The van der Waals surface area contributed by atoms with Crippen molar-refractivity contribution in [3.05, 3.63) is 18.0 Å². The Morgan fingerprint density at radius 3 is 3.17 bits per heavy atom. The maximum absolute atomic E-state index is 11.6. The Bertz CT molecular complexity index is 402. The molecule has 0 saturated carbocycles. The summed E-state index contributed by atoms with van der Waals surface area (Å²) in [7, 11) is 0. The minimum atomic E-state index is 0.0489. The van der Waals surface area contributed by atoms with E-state index < -0.39 is 0 Å². The molecule has 1 aliphatic rings. The maximum atomic E-state index is 11.6. The lowest BCUT2D eigenvalue weighted by Crippen LogP contribution is -2.26. The van der Waals surface area contributed by atoms with E-state index in [0.717, 1.165) is 13.0 Å². The molecule has 1 aromatic heterocycles. The van der Waals surface area contributed by atoms with Crippen LogP contribution in [-0.4, -0.2) is 33.4 Å². The van der Waals surface area contributed by atoms with E-state index in [-0.39, 0.29) is 5.91 Å². The predicted octanol–water partition coefficient (Wildman–Crippen LogP) is 1.90. The number of carbonyl (C=O) groups is 1. The molecule has 0 radical (unpaired) electrons. The molecule has 0 unspecified atom stereocenters. The number of hydrogen-bond acceptors (Lipinski definition) is 4. The highest BCUT2D eigenvalue weighted by Crippen LogP contribution is 2.19. The van der Waals surface area contributed by atoms with Crippen molar-refractivity contribution in [3.8, 4) is 0 Å². The Kier molecular flexibility index (Phi) is 5.26. The number of hydrogen-bond donors (Lipinski definition) is 2. The number of thioether (sulfide) groups is 1. The molecule has 0 aromatic carbocycles. The molecule has 0 fully saturated rings. The molecule has 5 nitrogen and oxygen atoms in total. The number of amides is 1. The summed E-state index contributed by atoms with van der Waals surface area (Å²) in [6.45, 7) is 0.738. The fourth-order valence-corrected chi connectivity index (χ4v) is 2.55. The van der Waals surface area contributed by atoms with Crippen LogP contribution in [0.5, 0.6) is 0 Å². The Balaban J connectivity index is 1.58. The van der Waals surface area contributed by atoms with Gasteiger partial charge in [-0.3, -0.25) is 9.89 Å². The van der Waals surface area contributed by atoms with Gasteiger partial charge in [0.2, 0.25) is 5.91 Å². The lowest BCUT2D eigenvalue weighted by atomic mass is 9.97. The van der Waals surface area contributed by atoms with E-state index in [2.05, 4.69) is 26.6 Å². The first-order chi connectivity index (χ1) is 8.84. The molecule has 1 aromatic rings. The van der Waals surface area contributed by atoms with Crippen LogP contribution in [-0.2, 0) is 4.79 Å². The number of nitrogens with one attached hydrogen (secondary N) is 2. The van der Waals surface area contributed by atoms with Crippen molar-refractivity contribution in [1.82, 2.24) is 20.5 Å². The molecule has 18 heavy (non-hydrogen) atoms. The zero-order valence-corrected chi connectivity index (χ0v) is 11.1. The first kappa shape index (κ1) is 13.1. The van der Waals surface area contributed by atoms with Gasteiger partial charge in [-0.2, -0.15) is 5.10 Å². The number of rotatable bonds is 6. The zero-order valence-electron chi connectivity index (χ0n) is 10.3. The molecule has 1 amide bonds. The molecule has 2 rings (SSSR count). The van der Waals surface area contributed by atoms with Gasteiger partial charge in [-0.05, 0) is 32.1 Å². The van der Waals surface area contributed by atoms with E-state index in [1.807, 2.05) is 0 Å². The van der Waals surface area contributed by atoms with E-state index in [9.17, 15) is 4.79 Å². The zero-order chi connectivity index (χ0) is 12.6. The maximum Gasteiger partial charge on any atom is 0.230 e. The molecule has 1 heterocycles. The number of aromatic amines is 1. The summed E-state index contributed by atoms with van der Waals surface area (Å²) in [4.78, 5) is 15.5. The molecule has 0 atom stereocenters. The van der Waals surface area contributed by atoms with Crippen molar-refractivity contribution in [2.75, 3.05) is 12.3 Å². The third kappa shape index (κ3) is 4.52. The lowest BCUT2D eigenvalue weighted by Gasteiger charge is -2.12. The molecule has 98 valence electrons. The third-order valence-corrected chi connectivity index (χ3v) is 3.76. The van der Waals surface area contributed by atoms with Gasteiger partial charge in [0.05, 0.1) is 5.75 Å². The van der Waals surface area contributed by atoms with Crippen molar-refractivity contribution in [3.63, 3.8) is 0 Å². The van der Waals surface area contributed by atoms with Gasteiger partial charge < -0.3 is 5.32 Å². The van der Waals surface area contributed by atoms with Gasteiger partial charge in [-0.25, -0.2) is 4.98 Å². The Labute approximate surface area is 111 Å². The van der Waals surface area contributed by atoms with E-state index in [0.29, 0.717) is 10.9 Å². The molecule has 0 bridgehead atoms. The largest absolute Gasteiger partial charge is 0.355 e. The molecular weight excluding hydrogens is 248 g/mol. The number of nitrogens with zero attached hydrogens (tertiary/aromatic N) is 2. The van der Waals surface area contributed by atoms with Gasteiger partial charge in [0.25, 0.3) is 0 Å². The Hall–Kier alpha value is -1.30. The van der Waals surface area contributed by atoms with Crippen LogP contribution in [0.25, 0.3) is 0 Å².